The lowest BCUT2D eigenvalue weighted by molar-refractivity contribution is -0.146. The fourth-order valence-corrected chi connectivity index (χ4v) is 2.56. The summed E-state index contributed by atoms with van der Waals surface area (Å²) in [5, 5.41) is 0.993. The Bertz CT molecular complexity index is 800. The Morgan fingerprint density at radius 1 is 1.17 bits per heavy atom. The molecule has 0 amide bonds. The molecule has 0 bridgehead atoms. The molecule has 0 N–H and O–H groups in total. The Hall–Kier alpha value is -1.92. The molecule has 1 heterocycles. The van der Waals surface area contributed by atoms with Crippen molar-refractivity contribution in [3.8, 4) is 0 Å². The number of esters is 2. The van der Waals surface area contributed by atoms with Crippen molar-refractivity contribution >= 4 is 56.4 Å². The fourth-order valence-electron chi connectivity index (χ4n) is 2.01. The third-order valence-corrected chi connectivity index (χ3v) is 3.85. The van der Waals surface area contributed by atoms with Gasteiger partial charge in [-0.15, -0.1) is 0 Å². The Morgan fingerprint density at radius 3 is 2.38 bits per heavy atom. The zero-order valence-electron chi connectivity index (χ0n) is 13.1. The van der Waals surface area contributed by atoms with E-state index < -0.39 is 11.9 Å². The van der Waals surface area contributed by atoms with Crippen molar-refractivity contribution in [2.24, 2.45) is 0 Å². The highest BCUT2D eigenvalue weighted by Crippen LogP contribution is 2.25. The van der Waals surface area contributed by atoms with Gasteiger partial charge in [0.05, 0.1) is 18.7 Å². The second kappa shape index (κ2) is 8.26. The number of hydrogen-bond donors (Lipinski definition) is 0. The lowest BCUT2D eigenvalue weighted by Crippen LogP contribution is -2.18. The summed E-state index contributed by atoms with van der Waals surface area (Å²) in [6, 6.07) is 7.29. The quantitative estimate of drug-likeness (QED) is 0.242. The summed E-state index contributed by atoms with van der Waals surface area (Å²) in [6.07, 6.45) is 1.34. The average Bonchev–Trinajstić information content (AvgIpc) is 2.53. The fraction of sp³-hybridized carbons (Fsp3) is 0.235. The van der Waals surface area contributed by atoms with Gasteiger partial charge >= 0.3 is 11.9 Å². The van der Waals surface area contributed by atoms with Gasteiger partial charge in [0.25, 0.3) is 0 Å². The van der Waals surface area contributed by atoms with Crippen molar-refractivity contribution < 1.29 is 19.1 Å². The first kappa shape index (κ1) is 18.4. The van der Waals surface area contributed by atoms with E-state index in [-0.39, 0.29) is 23.9 Å². The molecular formula is C17H15BrClNO4. The smallest absolute Gasteiger partial charge is 0.345 e. The van der Waals surface area contributed by atoms with Gasteiger partial charge in [-0.3, -0.25) is 0 Å². The third kappa shape index (κ3) is 4.33. The summed E-state index contributed by atoms with van der Waals surface area (Å²) in [5.74, 6) is -1.52. The van der Waals surface area contributed by atoms with E-state index in [9.17, 15) is 9.59 Å². The van der Waals surface area contributed by atoms with Gasteiger partial charge in [-0.1, -0.05) is 33.6 Å². The minimum atomic E-state index is -0.761. The summed E-state index contributed by atoms with van der Waals surface area (Å²) in [5.41, 5.74) is 0.904. The van der Waals surface area contributed by atoms with Gasteiger partial charge in [0.2, 0.25) is 0 Å². The molecule has 1 aromatic carbocycles. The number of hydrogen-bond acceptors (Lipinski definition) is 5. The number of nitrogens with zero attached hydrogens (tertiary/aromatic N) is 1. The van der Waals surface area contributed by atoms with Gasteiger partial charge in [0.15, 0.2) is 0 Å². The Kier molecular flexibility index (Phi) is 6.34. The third-order valence-electron chi connectivity index (χ3n) is 3.05. The summed E-state index contributed by atoms with van der Waals surface area (Å²) in [4.78, 5) is 28.3. The number of carbonyl (C=O) groups is 2. The summed E-state index contributed by atoms with van der Waals surface area (Å²) >= 11 is 9.56. The van der Waals surface area contributed by atoms with Gasteiger partial charge in [-0.25, -0.2) is 14.6 Å². The van der Waals surface area contributed by atoms with Gasteiger partial charge in [0, 0.05) is 15.4 Å². The zero-order chi connectivity index (χ0) is 17.7. The molecular weight excluding hydrogens is 398 g/mol. The molecule has 126 valence electrons. The average molecular weight is 413 g/mol. The summed E-state index contributed by atoms with van der Waals surface area (Å²) < 4.78 is 10.7. The predicted molar refractivity (Wildman–Crippen MR) is 95.7 cm³/mol. The first-order valence-electron chi connectivity index (χ1n) is 7.28. The molecule has 7 heteroatoms. The largest absolute Gasteiger partial charge is 0.462 e. The molecule has 2 rings (SSSR count). The summed E-state index contributed by atoms with van der Waals surface area (Å²) in [6.45, 7) is 3.60. The molecule has 0 spiro atoms. The number of benzene rings is 1. The molecule has 0 unspecified atom stereocenters. The number of halogens is 2. The monoisotopic (exact) mass is 411 g/mol. The highest BCUT2D eigenvalue weighted by Gasteiger charge is 2.21. The van der Waals surface area contributed by atoms with Crippen LogP contribution in [0.3, 0.4) is 0 Å². The normalized spacial score (nSPS) is 10.3. The predicted octanol–water partition coefficient (Wildman–Crippen LogP) is 4.16. The molecule has 0 aliphatic heterocycles. The molecule has 0 aliphatic carbocycles. The number of pyridine rings is 1. The van der Waals surface area contributed by atoms with E-state index >= 15 is 0 Å². The molecule has 1 aromatic heterocycles. The van der Waals surface area contributed by atoms with Crippen molar-refractivity contribution in [1.82, 2.24) is 4.98 Å². The van der Waals surface area contributed by atoms with Crippen LogP contribution in [0.5, 0.6) is 0 Å². The van der Waals surface area contributed by atoms with Gasteiger partial charge < -0.3 is 9.47 Å². The first-order chi connectivity index (χ1) is 11.5. The van der Waals surface area contributed by atoms with Crippen LogP contribution in [0.1, 0.15) is 19.4 Å². The van der Waals surface area contributed by atoms with Crippen LogP contribution in [0.4, 0.5) is 0 Å². The van der Waals surface area contributed by atoms with Gasteiger partial charge in [-0.05, 0) is 38.1 Å². The number of carbonyl (C=O) groups excluding carboxylic acids is 2. The van der Waals surface area contributed by atoms with E-state index in [1.165, 1.54) is 6.08 Å². The number of fused-ring (bicyclic) bond motifs is 1. The number of rotatable bonds is 5. The molecule has 0 radical (unpaired) electrons. The molecule has 5 nitrogen and oxygen atoms in total. The highest BCUT2D eigenvalue weighted by molar-refractivity contribution is 9.10. The Balaban J connectivity index is 2.52. The van der Waals surface area contributed by atoms with Crippen molar-refractivity contribution in [1.29, 1.82) is 0 Å². The van der Waals surface area contributed by atoms with E-state index in [4.69, 9.17) is 21.1 Å². The Labute approximate surface area is 152 Å². The lowest BCUT2D eigenvalue weighted by atomic mass is 10.1. The minimum absolute atomic E-state index is 0.146. The topological polar surface area (TPSA) is 65.5 Å². The number of aromatic nitrogens is 1. The Morgan fingerprint density at radius 2 is 1.79 bits per heavy atom. The molecule has 0 aliphatic rings. The maximum Gasteiger partial charge on any atom is 0.345 e. The zero-order valence-corrected chi connectivity index (χ0v) is 15.5. The van der Waals surface area contributed by atoms with Crippen LogP contribution in [0.25, 0.3) is 17.0 Å². The van der Waals surface area contributed by atoms with Crippen LogP contribution in [0.2, 0.25) is 5.15 Å². The minimum Gasteiger partial charge on any atom is -0.462 e. The number of ether oxygens (including phenoxy) is 2. The van der Waals surface area contributed by atoms with Crippen LogP contribution < -0.4 is 0 Å². The van der Waals surface area contributed by atoms with Crippen molar-refractivity contribution in [3.05, 3.63) is 45.0 Å². The van der Waals surface area contributed by atoms with Crippen LogP contribution in [0.15, 0.2) is 34.3 Å². The standard InChI is InChI=1S/C17H15BrClNO4/c1-3-23-16(21)13(17(22)24-4-2)8-11-7-10-5-6-12(18)9-14(10)20-15(11)19/h5-9H,3-4H2,1-2H3. The molecule has 0 saturated carbocycles. The van der Waals surface area contributed by atoms with Crippen molar-refractivity contribution in [3.63, 3.8) is 0 Å². The molecule has 0 saturated heterocycles. The SMILES string of the molecule is CCOC(=O)C(=Cc1cc2ccc(Br)cc2nc1Cl)C(=O)OCC. The molecule has 24 heavy (non-hydrogen) atoms. The second-order valence-corrected chi connectivity index (χ2v) is 5.98. The van der Waals surface area contributed by atoms with Crippen molar-refractivity contribution in [2.75, 3.05) is 13.2 Å². The van der Waals surface area contributed by atoms with Crippen LogP contribution in [-0.4, -0.2) is 30.1 Å². The van der Waals surface area contributed by atoms with Gasteiger partial charge in [0.1, 0.15) is 10.7 Å². The summed E-state index contributed by atoms with van der Waals surface area (Å²) in [7, 11) is 0. The van der Waals surface area contributed by atoms with E-state index in [1.54, 1.807) is 19.9 Å². The van der Waals surface area contributed by atoms with Crippen LogP contribution in [0, 0.1) is 0 Å². The maximum absolute atomic E-state index is 12.0. The van der Waals surface area contributed by atoms with Crippen molar-refractivity contribution in [2.45, 2.75) is 13.8 Å². The van der Waals surface area contributed by atoms with E-state index in [2.05, 4.69) is 20.9 Å². The van der Waals surface area contributed by atoms with E-state index in [0.29, 0.717) is 11.1 Å². The molecule has 2 aromatic rings. The van der Waals surface area contributed by atoms with Gasteiger partial charge in [-0.2, -0.15) is 0 Å². The van der Waals surface area contributed by atoms with E-state index in [0.717, 1.165) is 9.86 Å². The molecule has 0 fully saturated rings. The van der Waals surface area contributed by atoms with E-state index in [1.807, 2.05) is 18.2 Å². The lowest BCUT2D eigenvalue weighted by Gasteiger charge is -2.08. The first-order valence-corrected chi connectivity index (χ1v) is 8.45. The maximum atomic E-state index is 12.0. The van der Waals surface area contributed by atoms with Crippen LogP contribution >= 0.6 is 27.5 Å². The second-order valence-electron chi connectivity index (χ2n) is 4.70. The molecule has 0 atom stereocenters. The van der Waals surface area contributed by atoms with Crippen LogP contribution in [-0.2, 0) is 19.1 Å². The highest BCUT2D eigenvalue weighted by atomic mass is 79.9.